The quantitative estimate of drug-likeness (QED) is 0.485. The van der Waals surface area contributed by atoms with Crippen LogP contribution in [0.4, 0.5) is 0 Å². The number of hydrogen-bond acceptors (Lipinski definition) is 1. The first-order valence-corrected chi connectivity index (χ1v) is 4.70. The van der Waals surface area contributed by atoms with Crippen molar-refractivity contribution in [3.05, 3.63) is 23.8 Å². The molecule has 0 fully saturated rings. The maximum Gasteiger partial charge on any atom is 0.0267 e. The molecule has 13 heavy (non-hydrogen) atoms. The average Bonchev–Trinajstić information content (AvgIpc) is 2.14. The monoisotopic (exact) mass is 177 g/mol. The second-order valence-electron chi connectivity index (χ2n) is 3.02. The Balaban J connectivity index is 3.53. The van der Waals surface area contributed by atoms with Gasteiger partial charge in [0.05, 0.1) is 0 Å². The standard InChI is InChI=1S/C12H19N/c1-4-5-6-7-8-9-12(2)10-11-13-3/h1,6-7,9,13H,5,8,10-11H2,2-3H3/b7-6-,12-9+. The lowest BCUT2D eigenvalue weighted by atomic mass is 10.2. The molecular weight excluding hydrogens is 158 g/mol. The second-order valence-corrected chi connectivity index (χ2v) is 3.02. The highest BCUT2D eigenvalue weighted by molar-refractivity contribution is 5.04. The Kier molecular flexibility index (Phi) is 8.39. The summed E-state index contributed by atoms with van der Waals surface area (Å²) in [5.41, 5.74) is 1.43. The molecule has 0 heterocycles. The molecule has 0 saturated heterocycles. The van der Waals surface area contributed by atoms with Gasteiger partial charge in [0.1, 0.15) is 0 Å². The van der Waals surface area contributed by atoms with E-state index in [1.54, 1.807) is 0 Å². The number of nitrogens with one attached hydrogen (secondary N) is 1. The fourth-order valence-corrected chi connectivity index (χ4v) is 0.941. The largest absolute Gasteiger partial charge is 0.319 e. The van der Waals surface area contributed by atoms with Gasteiger partial charge < -0.3 is 5.32 Å². The Morgan fingerprint density at radius 3 is 2.85 bits per heavy atom. The maximum atomic E-state index is 5.11. The summed E-state index contributed by atoms with van der Waals surface area (Å²) in [6.07, 6.45) is 14.4. The summed E-state index contributed by atoms with van der Waals surface area (Å²) in [6.45, 7) is 3.21. The Bertz CT molecular complexity index is 206. The van der Waals surface area contributed by atoms with Crippen LogP contribution in [0.1, 0.15) is 26.2 Å². The number of rotatable bonds is 6. The molecule has 1 heteroatoms. The molecule has 0 aliphatic heterocycles. The minimum Gasteiger partial charge on any atom is -0.319 e. The van der Waals surface area contributed by atoms with E-state index in [0.29, 0.717) is 0 Å². The van der Waals surface area contributed by atoms with Crippen molar-refractivity contribution in [3.63, 3.8) is 0 Å². The normalized spacial score (nSPS) is 11.9. The van der Waals surface area contributed by atoms with Crippen LogP contribution < -0.4 is 5.32 Å². The highest BCUT2D eigenvalue weighted by atomic mass is 14.8. The molecule has 0 aromatic carbocycles. The first-order chi connectivity index (χ1) is 6.31. The molecule has 0 unspecified atom stereocenters. The maximum absolute atomic E-state index is 5.11. The van der Waals surface area contributed by atoms with Crippen molar-refractivity contribution in [2.45, 2.75) is 26.2 Å². The summed E-state index contributed by atoms with van der Waals surface area (Å²) < 4.78 is 0. The summed E-state index contributed by atoms with van der Waals surface area (Å²) in [5.74, 6) is 2.57. The van der Waals surface area contributed by atoms with Gasteiger partial charge in [-0.1, -0.05) is 23.8 Å². The molecular formula is C12H19N. The minimum absolute atomic E-state index is 0.739. The predicted octanol–water partition coefficient (Wildman–Crippen LogP) is 2.51. The first-order valence-electron chi connectivity index (χ1n) is 4.70. The molecule has 0 aromatic heterocycles. The molecule has 0 aliphatic rings. The van der Waals surface area contributed by atoms with Crippen LogP contribution in [-0.2, 0) is 0 Å². The van der Waals surface area contributed by atoms with Crippen LogP contribution in [0.2, 0.25) is 0 Å². The van der Waals surface area contributed by atoms with Crippen LogP contribution in [0.5, 0.6) is 0 Å². The van der Waals surface area contributed by atoms with E-state index in [9.17, 15) is 0 Å². The summed E-state index contributed by atoms with van der Waals surface area (Å²) in [6, 6.07) is 0. The van der Waals surface area contributed by atoms with Crippen molar-refractivity contribution in [3.8, 4) is 12.3 Å². The van der Waals surface area contributed by atoms with Gasteiger partial charge in [-0.2, -0.15) is 0 Å². The lowest BCUT2D eigenvalue weighted by Gasteiger charge is -1.98. The smallest absolute Gasteiger partial charge is 0.0267 e. The van der Waals surface area contributed by atoms with E-state index in [-0.39, 0.29) is 0 Å². The van der Waals surface area contributed by atoms with E-state index >= 15 is 0 Å². The van der Waals surface area contributed by atoms with Crippen molar-refractivity contribution in [2.75, 3.05) is 13.6 Å². The lowest BCUT2D eigenvalue weighted by Crippen LogP contribution is -2.07. The number of terminal acetylenes is 1. The molecule has 0 amide bonds. The molecule has 0 bridgehead atoms. The van der Waals surface area contributed by atoms with Crippen LogP contribution in [-0.4, -0.2) is 13.6 Å². The summed E-state index contributed by atoms with van der Waals surface area (Å²) >= 11 is 0. The molecule has 0 aliphatic carbocycles. The third-order valence-corrected chi connectivity index (χ3v) is 1.77. The molecule has 0 aromatic rings. The zero-order valence-corrected chi connectivity index (χ0v) is 8.64. The van der Waals surface area contributed by atoms with E-state index in [2.05, 4.69) is 30.3 Å². The fourth-order valence-electron chi connectivity index (χ4n) is 0.941. The van der Waals surface area contributed by atoms with Gasteiger partial charge in [0.2, 0.25) is 0 Å². The Morgan fingerprint density at radius 1 is 1.46 bits per heavy atom. The van der Waals surface area contributed by atoms with Gasteiger partial charge in [-0.3, -0.25) is 0 Å². The average molecular weight is 177 g/mol. The van der Waals surface area contributed by atoms with E-state index in [0.717, 1.165) is 25.8 Å². The SMILES string of the molecule is C#CC/C=C\C/C=C(\C)CCNC. The van der Waals surface area contributed by atoms with Gasteiger partial charge in [-0.15, -0.1) is 12.3 Å². The Labute approximate surface area is 81.9 Å². The molecule has 0 rings (SSSR count). The van der Waals surface area contributed by atoms with Crippen LogP contribution in [0.25, 0.3) is 0 Å². The molecule has 0 spiro atoms. The second kappa shape index (κ2) is 9.09. The molecule has 0 saturated carbocycles. The zero-order chi connectivity index (χ0) is 9.94. The van der Waals surface area contributed by atoms with Crippen molar-refractivity contribution in [1.82, 2.24) is 5.32 Å². The molecule has 1 nitrogen and oxygen atoms in total. The van der Waals surface area contributed by atoms with E-state index in [1.807, 2.05) is 13.1 Å². The summed E-state index contributed by atoms with van der Waals surface area (Å²) in [4.78, 5) is 0. The van der Waals surface area contributed by atoms with Gasteiger partial charge in [-0.05, 0) is 33.4 Å². The third-order valence-electron chi connectivity index (χ3n) is 1.77. The molecule has 0 radical (unpaired) electrons. The number of allylic oxidation sites excluding steroid dienone is 3. The predicted molar refractivity (Wildman–Crippen MR) is 59.5 cm³/mol. The zero-order valence-electron chi connectivity index (χ0n) is 8.64. The minimum atomic E-state index is 0.739. The highest BCUT2D eigenvalue weighted by Gasteiger charge is 1.86. The van der Waals surface area contributed by atoms with Crippen LogP contribution in [0, 0.1) is 12.3 Å². The van der Waals surface area contributed by atoms with Crippen molar-refractivity contribution < 1.29 is 0 Å². The third kappa shape index (κ3) is 8.91. The van der Waals surface area contributed by atoms with Gasteiger partial charge in [0.15, 0.2) is 0 Å². The lowest BCUT2D eigenvalue weighted by molar-refractivity contribution is 0.783. The van der Waals surface area contributed by atoms with Crippen LogP contribution in [0.15, 0.2) is 23.8 Å². The highest BCUT2D eigenvalue weighted by Crippen LogP contribution is 2.00. The van der Waals surface area contributed by atoms with Crippen LogP contribution >= 0.6 is 0 Å². The summed E-state index contributed by atoms with van der Waals surface area (Å²) in [5, 5.41) is 3.12. The van der Waals surface area contributed by atoms with Gasteiger partial charge in [-0.25, -0.2) is 0 Å². The van der Waals surface area contributed by atoms with Gasteiger partial charge in [0.25, 0.3) is 0 Å². The fraction of sp³-hybridized carbons (Fsp3) is 0.500. The van der Waals surface area contributed by atoms with E-state index < -0.39 is 0 Å². The Morgan fingerprint density at radius 2 is 2.23 bits per heavy atom. The molecule has 72 valence electrons. The number of hydrogen-bond donors (Lipinski definition) is 1. The van der Waals surface area contributed by atoms with E-state index in [4.69, 9.17) is 6.42 Å². The van der Waals surface area contributed by atoms with Crippen LogP contribution in [0.3, 0.4) is 0 Å². The van der Waals surface area contributed by atoms with Gasteiger partial charge >= 0.3 is 0 Å². The first kappa shape index (κ1) is 12.0. The van der Waals surface area contributed by atoms with E-state index in [1.165, 1.54) is 5.57 Å². The molecule has 1 N–H and O–H groups in total. The topological polar surface area (TPSA) is 12.0 Å². The van der Waals surface area contributed by atoms with Crippen molar-refractivity contribution in [2.24, 2.45) is 0 Å². The van der Waals surface area contributed by atoms with Gasteiger partial charge in [0, 0.05) is 6.42 Å². The molecule has 0 atom stereocenters. The Hall–Kier alpha value is -1.00. The summed E-state index contributed by atoms with van der Waals surface area (Å²) in [7, 11) is 1.97. The van der Waals surface area contributed by atoms with Crippen molar-refractivity contribution in [1.29, 1.82) is 0 Å². The van der Waals surface area contributed by atoms with Crippen molar-refractivity contribution >= 4 is 0 Å².